The van der Waals surface area contributed by atoms with Crippen LogP contribution >= 0.6 is 12.2 Å². The lowest BCUT2D eigenvalue weighted by molar-refractivity contribution is 0.0977. The van der Waals surface area contributed by atoms with Gasteiger partial charge in [0.15, 0.2) is 10.7 Å². The Bertz CT molecular complexity index is 1230. The molecular weight excluding hydrogens is 394 g/mol. The molecule has 5 nitrogen and oxygen atoms in total. The van der Waals surface area contributed by atoms with E-state index in [-0.39, 0.29) is 11.0 Å². The highest BCUT2D eigenvalue weighted by Crippen LogP contribution is 2.26. The summed E-state index contributed by atoms with van der Waals surface area (Å²) in [5.41, 5.74) is 6.06. The summed E-state index contributed by atoms with van der Waals surface area (Å²) in [5, 5.41) is 5.96. The van der Waals surface area contributed by atoms with Crippen molar-refractivity contribution in [2.75, 3.05) is 5.32 Å². The van der Waals surface area contributed by atoms with Crippen LogP contribution in [0.2, 0.25) is 0 Å². The van der Waals surface area contributed by atoms with Crippen molar-refractivity contribution in [3.05, 3.63) is 83.4 Å². The molecule has 150 valence electrons. The van der Waals surface area contributed by atoms with Crippen molar-refractivity contribution < 1.29 is 9.21 Å². The molecule has 0 unspecified atom stereocenters. The Morgan fingerprint density at radius 3 is 2.60 bits per heavy atom. The molecule has 0 aliphatic heterocycles. The third kappa shape index (κ3) is 4.39. The molecule has 30 heavy (non-hydrogen) atoms. The van der Waals surface area contributed by atoms with Gasteiger partial charge in [0.2, 0.25) is 5.89 Å². The van der Waals surface area contributed by atoms with Crippen molar-refractivity contribution in [3.8, 4) is 11.5 Å². The number of fused-ring (bicyclic) bond motifs is 1. The lowest BCUT2D eigenvalue weighted by atomic mass is 10.1. The number of rotatable bonds is 4. The molecule has 1 amide bonds. The Morgan fingerprint density at radius 2 is 1.87 bits per heavy atom. The molecule has 6 heteroatoms. The first kappa shape index (κ1) is 19.8. The minimum atomic E-state index is -0.245. The van der Waals surface area contributed by atoms with Gasteiger partial charge >= 0.3 is 0 Å². The van der Waals surface area contributed by atoms with Gasteiger partial charge in [0, 0.05) is 16.8 Å². The summed E-state index contributed by atoms with van der Waals surface area (Å²) in [5.74, 6) is 0.325. The molecule has 0 fully saturated rings. The SMILES string of the molecule is CCc1ccc2oc(-c3ccc(NC(=S)NC(=O)c4cccc(C)c4)cc3)nc2c1. The van der Waals surface area contributed by atoms with Crippen LogP contribution in [0.1, 0.15) is 28.4 Å². The van der Waals surface area contributed by atoms with E-state index in [0.29, 0.717) is 11.5 Å². The van der Waals surface area contributed by atoms with Gasteiger partial charge in [0.1, 0.15) is 5.52 Å². The van der Waals surface area contributed by atoms with E-state index >= 15 is 0 Å². The van der Waals surface area contributed by atoms with Crippen molar-refractivity contribution in [2.45, 2.75) is 20.3 Å². The summed E-state index contributed by atoms with van der Waals surface area (Å²) in [6, 6.07) is 20.9. The number of aromatic nitrogens is 1. The Hall–Kier alpha value is -3.51. The molecule has 0 spiro atoms. The van der Waals surface area contributed by atoms with Crippen LogP contribution in [0.15, 0.2) is 71.1 Å². The summed E-state index contributed by atoms with van der Waals surface area (Å²) >= 11 is 5.26. The van der Waals surface area contributed by atoms with Gasteiger partial charge in [0.25, 0.3) is 5.91 Å². The molecule has 0 saturated carbocycles. The standard InChI is InChI=1S/C24H21N3O2S/c1-3-16-7-12-21-20(14-16)26-23(29-21)17-8-10-19(11-9-17)25-24(30)27-22(28)18-6-4-5-15(2)13-18/h4-14H,3H2,1-2H3,(H2,25,27,28,30). The van der Waals surface area contributed by atoms with Crippen molar-refractivity contribution in [1.82, 2.24) is 10.3 Å². The Labute approximate surface area is 180 Å². The Morgan fingerprint density at radius 1 is 1.07 bits per heavy atom. The number of hydrogen-bond donors (Lipinski definition) is 2. The quantitative estimate of drug-likeness (QED) is 0.431. The van der Waals surface area contributed by atoms with Gasteiger partial charge in [-0.15, -0.1) is 0 Å². The maximum absolute atomic E-state index is 12.3. The summed E-state index contributed by atoms with van der Waals surface area (Å²) in [4.78, 5) is 16.9. The molecule has 1 aromatic heterocycles. The zero-order valence-corrected chi connectivity index (χ0v) is 17.5. The van der Waals surface area contributed by atoms with Gasteiger partial charge < -0.3 is 9.73 Å². The largest absolute Gasteiger partial charge is 0.436 e. The lowest BCUT2D eigenvalue weighted by Crippen LogP contribution is -2.34. The highest BCUT2D eigenvalue weighted by atomic mass is 32.1. The Kier molecular flexibility index (Phi) is 5.59. The Balaban J connectivity index is 1.43. The fourth-order valence-electron chi connectivity index (χ4n) is 3.14. The van der Waals surface area contributed by atoms with Crippen molar-refractivity contribution in [2.24, 2.45) is 0 Å². The number of carbonyl (C=O) groups is 1. The molecule has 2 N–H and O–H groups in total. The van der Waals surface area contributed by atoms with E-state index in [0.717, 1.165) is 34.3 Å². The first-order valence-corrected chi connectivity index (χ1v) is 10.1. The molecule has 4 rings (SSSR count). The van der Waals surface area contributed by atoms with Gasteiger partial charge in [-0.25, -0.2) is 4.98 Å². The van der Waals surface area contributed by atoms with Gasteiger partial charge in [0.05, 0.1) is 0 Å². The van der Waals surface area contributed by atoms with Gasteiger partial charge in [-0.1, -0.05) is 30.7 Å². The maximum atomic E-state index is 12.3. The molecule has 0 atom stereocenters. The highest BCUT2D eigenvalue weighted by Gasteiger charge is 2.10. The highest BCUT2D eigenvalue weighted by molar-refractivity contribution is 7.80. The summed E-state index contributed by atoms with van der Waals surface area (Å²) in [6.07, 6.45) is 0.957. The van der Waals surface area contributed by atoms with E-state index < -0.39 is 0 Å². The number of anilines is 1. The van der Waals surface area contributed by atoms with E-state index in [2.05, 4.69) is 28.6 Å². The summed E-state index contributed by atoms with van der Waals surface area (Å²) in [7, 11) is 0. The molecular formula is C24H21N3O2S. The second kappa shape index (κ2) is 8.47. The molecule has 0 bridgehead atoms. The molecule has 0 aliphatic rings. The van der Waals surface area contributed by atoms with Crippen molar-refractivity contribution >= 4 is 40.0 Å². The predicted octanol–water partition coefficient (Wildman–Crippen LogP) is 5.49. The van der Waals surface area contributed by atoms with Crippen LogP contribution in [-0.4, -0.2) is 16.0 Å². The normalized spacial score (nSPS) is 10.7. The van der Waals surface area contributed by atoms with Crippen molar-refractivity contribution in [3.63, 3.8) is 0 Å². The average Bonchev–Trinajstić information content (AvgIpc) is 3.17. The number of oxazole rings is 1. The minimum absolute atomic E-state index is 0.239. The first-order chi connectivity index (χ1) is 14.5. The van der Waals surface area contributed by atoms with Crippen LogP contribution < -0.4 is 10.6 Å². The topological polar surface area (TPSA) is 67.2 Å². The molecule has 3 aromatic carbocycles. The molecule has 4 aromatic rings. The number of thiocarbonyl (C=S) groups is 1. The number of amides is 1. The average molecular weight is 416 g/mol. The number of nitrogens with zero attached hydrogens (tertiary/aromatic N) is 1. The van der Waals surface area contributed by atoms with E-state index in [1.54, 1.807) is 6.07 Å². The monoisotopic (exact) mass is 415 g/mol. The van der Waals surface area contributed by atoms with Crippen LogP contribution in [0.4, 0.5) is 5.69 Å². The first-order valence-electron chi connectivity index (χ1n) is 9.71. The van der Waals surface area contributed by atoms with E-state index in [1.165, 1.54) is 5.56 Å². The number of nitrogens with one attached hydrogen (secondary N) is 2. The van der Waals surface area contributed by atoms with E-state index in [4.69, 9.17) is 16.6 Å². The second-order valence-electron chi connectivity index (χ2n) is 7.03. The minimum Gasteiger partial charge on any atom is -0.436 e. The van der Waals surface area contributed by atoms with Crippen LogP contribution in [0.25, 0.3) is 22.6 Å². The fourth-order valence-corrected chi connectivity index (χ4v) is 3.35. The predicted molar refractivity (Wildman–Crippen MR) is 124 cm³/mol. The van der Waals surface area contributed by atoms with E-state index in [9.17, 15) is 4.79 Å². The van der Waals surface area contributed by atoms with Gasteiger partial charge in [-0.2, -0.15) is 0 Å². The van der Waals surface area contributed by atoms with Gasteiger partial charge in [-0.3, -0.25) is 10.1 Å². The van der Waals surface area contributed by atoms with E-state index in [1.807, 2.05) is 61.5 Å². The number of benzene rings is 3. The van der Waals surface area contributed by atoms with Crippen LogP contribution in [-0.2, 0) is 6.42 Å². The third-order valence-electron chi connectivity index (χ3n) is 4.76. The third-order valence-corrected chi connectivity index (χ3v) is 4.96. The van der Waals surface area contributed by atoms with Crippen LogP contribution in [0, 0.1) is 6.92 Å². The maximum Gasteiger partial charge on any atom is 0.257 e. The summed E-state index contributed by atoms with van der Waals surface area (Å²) < 4.78 is 5.87. The van der Waals surface area contributed by atoms with Crippen LogP contribution in [0.3, 0.4) is 0 Å². The molecule has 0 saturated heterocycles. The zero-order valence-electron chi connectivity index (χ0n) is 16.7. The van der Waals surface area contributed by atoms with Crippen LogP contribution in [0.5, 0.6) is 0 Å². The lowest BCUT2D eigenvalue weighted by Gasteiger charge is -2.10. The fraction of sp³-hybridized carbons (Fsp3) is 0.125. The second-order valence-corrected chi connectivity index (χ2v) is 7.44. The number of hydrogen-bond acceptors (Lipinski definition) is 4. The smallest absolute Gasteiger partial charge is 0.257 e. The number of aryl methyl sites for hydroxylation is 2. The van der Waals surface area contributed by atoms with Crippen molar-refractivity contribution in [1.29, 1.82) is 0 Å². The zero-order chi connectivity index (χ0) is 21.1. The molecule has 0 radical (unpaired) electrons. The van der Waals surface area contributed by atoms with Gasteiger partial charge in [-0.05, 0) is 79.7 Å². The molecule has 1 heterocycles. The summed E-state index contributed by atoms with van der Waals surface area (Å²) in [6.45, 7) is 4.05. The number of carbonyl (C=O) groups excluding carboxylic acids is 1. The molecule has 0 aliphatic carbocycles.